The molecule has 0 fully saturated rings. The van der Waals surface area contributed by atoms with E-state index in [0.29, 0.717) is 12.8 Å². The number of carboxylic acids is 1. The van der Waals surface area contributed by atoms with Gasteiger partial charge in [0.05, 0.1) is 19.8 Å². The molecule has 0 saturated heterocycles. The molecule has 236 valence electrons. The number of hydrogen-bond acceptors (Lipinski definition) is 7. The van der Waals surface area contributed by atoms with E-state index >= 15 is 0 Å². The fourth-order valence-electron chi connectivity index (χ4n) is 4.94. The second kappa shape index (κ2) is 20.0. The van der Waals surface area contributed by atoms with Crippen LogP contribution in [0.1, 0.15) is 96.3 Å². The average molecular weight is 598 g/mol. The van der Waals surface area contributed by atoms with Gasteiger partial charge in [-0.25, -0.2) is 4.79 Å². The molecule has 0 spiro atoms. The number of carboxylic acid groups (broad SMARTS) is 1. The van der Waals surface area contributed by atoms with Crippen molar-refractivity contribution in [2.24, 2.45) is 5.73 Å². The van der Waals surface area contributed by atoms with Crippen molar-refractivity contribution in [2.45, 2.75) is 133 Å². The van der Waals surface area contributed by atoms with Gasteiger partial charge in [-0.15, -0.1) is 17.8 Å². The molecule has 0 bridgehead atoms. The maximum atomic E-state index is 13.4. The molecule has 43 heavy (non-hydrogen) atoms. The molecule has 10 nitrogen and oxygen atoms in total. The van der Waals surface area contributed by atoms with Crippen molar-refractivity contribution in [3.05, 3.63) is 0 Å². The molecule has 0 aliphatic heterocycles. The zero-order valence-electron chi connectivity index (χ0n) is 25.2. The highest BCUT2D eigenvalue weighted by atomic mass is 16.5. The van der Waals surface area contributed by atoms with E-state index in [9.17, 15) is 19.5 Å². The van der Waals surface area contributed by atoms with Crippen LogP contribution in [0.3, 0.4) is 0 Å². The number of aliphatic carboxylic acids is 1. The van der Waals surface area contributed by atoms with Crippen molar-refractivity contribution in [2.75, 3.05) is 19.8 Å². The van der Waals surface area contributed by atoms with Crippen LogP contribution in [0.5, 0.6) is 0 Å². The lowest BCUT2D eigenvalue weighted by Gasteiger charge is -2.25. The lowest BCUT2D eigenvalue weighted by molar-refractivity contribution is -0.145. The number of nitrogens with one attached hydrogen (secondary N) is 2. The molecule has 0 aromatic carbocycles. The van der Waals surface area contributed by atoms with Gasteiger partial charge in [0.25, 0.3) is 0 Å². The largest absolute Gasteiger partial charge is 0.480 e. The van der Waals surface area contributed by atoms with E-state index in [1.807, 2.05) is 0 Å². The molecule has 6 atom stereocenters. The summed E-state index contributed by atoms with van der Waals surface area (Å²) in [7, 11) is 0. The van der Waals surface area contributed by atoms with Crippen LogP contribution in [0.25, 0.3) is 0 Å². The third kappa shape index (κ3) is 13.8. The fourth-order valence-corrected chi connectivity index (χ4v) is 4.94. The molecule has 0 heterocycles. The SMILES string of the molecule is N[C@@H](COC1C#CCCCCC1)C(=O)N[C@@H](COC1C#CCCCCC1)C(=O)N[C@@H](COC1C#CCCCCC1)C(=O)O. The Kier molecular flexibility index (Phi) is 16.0. The summed E-state index contributed by atoms with van der Waals surface area (Å²) in [5, 5.41) is 15.0. The van der Waals surface area contributed by atoms with Crippen molar-refractivity contribution in [1.82, 2.24) is 10.6 Å². The quantitative estimate of drug-likeness (QED) is 0.223. The summed E-state index contributed by atoms with van der Waals surface area (Å²) in [5.41, 5.74) is 6.13. The standard InChI is InChI=1S/C33H47N3O7/c34-28(22-41-25-16-10-4-1-5-11-17-25)31(37)35-29(23-42-26-18-12-6-2-7-13-19-26)32(38)36-30(33(39)40)24-43-27-20-14-8-3-9-15-21-27/h25-30H,1-10,12,14,16,18,20,22-24,34H2,(H,35,37)(H,36,38)(H,39,40)/t25?,26?,27?,28-,29-,30-/m0/s1. The zero-order valence-corrected chi connectivity index (χ0v) is 25.2. The van der Waals surface area contributed by atoms with Crippen molar-refractivity contribution < 1.29 is 33.7 Å². The monoisotopic (exact) mass is 597 g/mol. The minimum Gasteiger partial charge on any atom is -0.480 e. The average Bonchev–Trinajstić information content (AvgIpc) is 2.93. The molecule has 0 radical (unpaired) electrons. The Labute approximate surface area is 255 Å². The van der Waals surface area contributed by atoms with E-state index in [0.717, 1.165) is 83.5 Å². The molecule has 0 aromatic heterocycles. The molecule has 3 aliphatic carbocycles. The number of rotatable bonds is 14. The Morgan fingerprint density at radius 2 is 1.05 bits per heavy atom. The number of hydrogen-bond donors (Lipinski definition) is 4. The highest BCUT2D eigenvalue weighted by Crippen LogP contribution is 2.14. The summed E-state index contributed by atoms with van der Waals surface area (Å²) >= 11 is 0. The zero-order chi connectivity index (χ0) is 30.7. The topological polar surface area (TPSA) is 149 Å². The van der Waals surface area contributed by atoms with Crippen LogP contribution in [0.2, 0.25) is 0 Å². The smallest absolute Gasteiger partial charge is 0.328 e. The third-order valence-electron chi connectivity index (χ3n) is 7.58. The van der Waals surface area contributed by atoms with Gasteiger partial charge in [-0.3, -0.25) is 9.59 Å². The second-order valence-electron chi connectivity index (χ2n) is 11.3. The first kappa shape index (κ1) is 34.4. The van der Waals surface area contributed by atoms with Crippen LogP contribution in [-0.4, -0.2) is 79.1 Å². The van der Waals surface area contributed by atoms with Gasteiger partial charge in [-0.05, 0) is 57.8 Å². The minimum absolute atomic E-state index is 0.0670. The number of ether oxygens (including phenoxy) is 3. The summed E-state index contributed by atoms with van der Waals surface area (Å²) in [5.74, 6) is 15.9. The van der Waals surface area contributed by atoms with Crippen LogP contribution in [0, 0.1) is 35.5 Å². The third-order valence-corrected chi connectivity index (χ3v) is 7.58. The summed E-state index contributed by atoms with van der Waals surface area (Å²) in [6.07, 6.45) is 12.7. The summed E-state index contributed by atoms with van der Waals surface area (Å²) in [4.78, 5) is 38.4. The number of carbonyl (C=O) groups excluding carboxylic acids is 2. The Balaban J connectivity index is 1.62. The van der Waals surface area contributed by atoms with E-state index in [2.05, 4.69) is 46.2 Å². The van der Waals surface area contributed by atoms with Crippen LogP contribution in [0.15, 0.2) is 0 Å². The fraction of sp³-hybridized carbons (Fsp3) is 0.727. The molecule has 3 unspecified atom stereocenters. The van der Waals surface area contributed by atoms with E-state index in [-0.39, 0.29) is 32.0 Å². The normalized spacial score (nSPS) is 24.3. The van der Waals surface area contributed by atoms with E-state index < -0.39 is 42.0 Å². The Morgan fingerprint density at radius 3 is 1.51 bits per heavy atom. The Morgan fingerprint density at radius 1 is 0.628 bits per heavy atom. The second-order valence-corrected chi connectivity index (χ2v) is 11.3. The number of amides is 2. The lowest BCUT2D eigenvalue weighted by atomic mass is 10.1. The van der Waals surface area contributed by atoms with Gasteiger partial charge in [0, 0.05) is 19.3 Å². The van der Waals surface area contributed by atoms with Gasteiger partial charge in [0.1, 0.15) is 30.4 Å². The van der Waals surface area contributed by atoms with Crippen molar-refractivity contribution in [3.8, 4) is 35.5 Å². The molecular formula is C33H47N3O7. The molecule has 0 saturated carbocycles. The lowest BCUT2D eigenvalue weighted by Crippen LogP contribution is -2.57. The summed E-state index contributed by atoms with van der Waals surface area (Å²) in [6, 6.07) is -3.59. The molecule has 2 amide bonds. The van der Waals surface area contributed by atoms with Gasteiger partial charge in [-0.2, -0.15) is 0 Å². The predicted molar refractivity (Wildman–Crippen MR) is 161 cm³/mol. The molecule has 5 N–H and O–H groups in total. The molecule has 0 aromatic rings. The first-order valence-electron chi connectivity index (χ1n) is 15.8. The van der Waals surface area contributed by atoms with Crippen molar-refractivity contribution >= 4 is 17.8 Å². The van der Waals surface area contributed by atoms with Gasteiger partial charge in [-0.1, -0.05) is 37.0 Å². The van der Waals surface area contributed by atoms with E-state index in [4.69, 9.17) is 19.9 Å². The highest BCUT2D eigenvalue weighted by molar-refractivity contribution is 5.92. The van der Waals surface area contributed by atoms with Gasteiger partial charge >= 0.3 is 5.97 Å². The predicted octanol–water partition coefficient (Wildman–Crippen LogP) is 2.43. The molecule has 10 heteroatoms. The Hall–Kier alpha value is -3.07. The summed E-state index contributed by atoms with van der Waals surface area (Å²) < 4.78 is 17.5. The molecular weight excluding hydrogens is 550 g/mol. The first-order valence-corrected chi connectivity index (χ1v) is 15.8. The van der Waals surface area contributed by atoms with Crippen LogP contribution in [0.4, 0.5) is 0 Å². The summed E-state index contributed by atoms with van der Waals surface area (Å²) in [6.45, 7) is -0.520. The molecule has 3 aliphatic rings. The van der Waals surface area contributed by atoms with Crippen LogP contribution in [-0.2, 0) is 28.6 Å². The van der Waals surface area contributed by atoms with Gasteiger partial charge in [0.15, 0.2) is 6.04 Å². The van der Waals surface area contributed by atoms with Crippen LogP contribution < -0.4 is 16.4 Å². The highest BCUT2D eigenvalue weighted by Gasteiger charge is 2.30. The van der Waals surface area contributed by atoms with E-state index in [1.165, 1.54) is 0 Å². The maximum absolute atomic E-state index is 13.4. The molecule has 3 rings (SSSR count). The Bertz CT molecular complexity index is 1090. The first-order chi connectivity index (χ1) is 20.9. The van der Waals surface area contributed by atoms with E-state index in [1.54, 1.807) is 0 Å². The number of nitrogens with two attached hydrogens (primary N) is 1. The van der Waals surface area contributed by atoms with Crippen molar-refractivity contribution in [3.63, 3.8) is 0 Å². The number of carbonyl (C=O) groups is 3. The van der Waals surface area contributed by atoms with Gasteiger partial charge in [0.2, 0.25) is 11.8 Å². The minimum atomic E-state index is -1.34. The van der Waals surface area contributed by atoms with Gasteiger partial charge < -0.3 is 35.7 Å². The van der Waals surface area contributed by atoms with Crippen molar-refractivity contribution in [1.29, 1.82) is 0 Å². The maximum Gasteiger partial charge on any atom is 0.328 e. The van der Waals surface area contributed by atoms with Crippen LogP contribution >= 0.6 is 0 Å².